The van der Waals surface area contributed by atoms with Crippen molar-refractivity contribution in [3.63, 3.8) is 0 Å². The van der Waals surface area contributed by atoms with Crippen LogP contribution < -0.4 is 0 Å². The number of hydrogen-bond donors (Lipinski definition) is 3. The first-order valence-corrected chi connectivity index (χ1v) is 9.94. The van der Waals surface area contributed by atoms with Crippen molar-refractivity contribution < 1.29 is 103 Å². The Labute approximate surface area is 231 Å². The van der Waals surface area contributed by atoms with Gasteiger partial charge in [-0.25, -0.2) is 0 Å². The number of hydroxylamine groups is 4. The van der Waals surface area contributed by atoms with Gasteiger partial charge in [-0.1, -0.05) is 34.6 Å². The smallest absolute Gasteiger partial charge is 0.0324 e. The summed E-state index contributed by atoms with van der Waals surface area (Å²) >= 11 is 4.47. The Morgan fingerprint density at radius 2 is 1.18 bits per heavy atom. The van der Waals surface area contributed by atoms with Crippen LogP contribution in [0.5, 0.6) is 0 Å². The van der Waals surface area contributed by atoms with E-state index >= 15 is 0 Å². The third kappa shape index (κ3) is 20.4. The summed E-state index contributed by atoms with van der Waals surface area (Å²) in [5.74, 6) is 1.58. The first-order chi connectivity index (χ1) is 11.3. The van der Waals surface area contributed by atoms with Gasteiger partial charge in [-0.2, -0.15) is 19.3 Å². The van der Waals surface area contributed by atoms with E-state index in [1.807, 2.05) is 13.8 Å². The second-order valence-corrected chi connectivity index (χ2v) is 10.1. The van der Waals surface area contributed by atoms with E-state index in [4.69, 9.17) is 10.4 Å². The van der Waals surface area contributed by atoms with Crippen LogP contribution in [0.15, 0.2) is 0 Å². The Morgan fingerprint density at radius 3 is 1.29 bits per heavy atom. The molecule has 0 aliphatic heterocycles. The van der Waals surface area contributed by atoms with Gasteiger partial charge in [0.1, 0.15) is 0 Å². The summed E-state index contributed by atoms with van der Waals surface area (Å²) in [5, 5.41) is 29.1. The quantitative estimate of drug-likeness (QED) is 0.290. The number of rotatable bonds is 6. The molecule has 9 heteroatoms. The number of nitrogens with zero attached hydrogens (tertiary/aromatic N) is 2. The van der Waals surface area contributed by atoms with Crippen molar-refractivity contribution in [1.29, 1.82) is 0 Å². The number of aliphatic hydroxyl groups is 1. The van der Waals surface area contributed by atoms with Crippen LogP contribution >= 0.6 is 0 Å². The molecule has 0 aromatic heterocycles. The molecule has 5 nitrogen and oxygen atoms in total. The summed E-state index contributed by atoms with van der Waals surface area (Å²) < 4.78 is 1.67. The second-order valence-electron chi connectivity index (χ2n) is 8.09. The maximum Gasteiger partial charge on any atom is 0.0324 e. The number of hydrogen-bond acceptors (Lipinski definition) is 5. The van der Waals surface area contributed by atoms with Gasteiger partial charge in [-0.05, 0) is 5.92 Å². The predicted molar refractivity (Wildman–Crippen MR) is 103 cm³/mol. The predicted octanol–water partition coefficient (Wildman–Crippen LogP) is 3.49. The van der Waals surface area contributed by atoms with Crippen molar-refractivity contribution >= 4 is 8.70 Å². The van der Waals surface area contributed by atoms with Crippen LogP contribution in [0.3, 0.4) is 0 Å². The molecular formula is C19H40N2O3V2WY-2. The molecule has 3 N–H and O–H groups in total. The van der Waals surface area contributed by atoms with Gasteiger partial charge in [0.15, 0.2) is 0 Å². The van der Waals surface area contributed by atoms with E-state index in [1.54, 1.807) is 27.9 Å². The van der Waals surface area contributed by atoms with Crippen molar-refractivity contribution in [1.82, 2.24) is 10.1 Å². The van der Waals surface area contributed by atoms with Gasteiger partial charge in [-0.3, -0.25) is 0 Å². The normalized spacial score (nSPS) is 13.1. The van der Waals surface area contributed by atoms with Crippen molar-refractivity contribution in [2.75, 3.05) is 14.1 Å². The Kier molecular flexibility index (Phi) is 27.7. The van der Waals surface area contributed by atoms with Crippen LogP contribution in [-0.4, -0.2) is 54.5 Å². The molecule has 0 rings (SSSR count). The fraction of sp³-hybridized carbons (Fsp3) is 0.789. The molecule has 0 fully saturated rings. The molecule has 165 valence electrons. The van der Waals surface area contributed by atoms with E-state index in [-0.39, 0.29) is 76.6 Å². The molecule has 0 spiro atoms. The average Bonchev–Trinajstić information content (AvgIpc) is 2.45. The first-order valence-electron chi connectivity index (χ1n) is 8.54. The van der Waals surface area contributed by atoms with Gasteiger partial charge < -0.3 is 17.9 Å². The van der Waals surface area contributed by atoms with E-state index in [0.717, 1.165) is 18.8 Å². The topological polar surface area (TPSA) is 67.2 Å². The summed E-state index contributed by atoms with van der Waals surface area (Å²) in [4.78, 5) is 0. The van der Waals surface area contributed by atoms with Crippen LogP contribution in [0.1, 0.15) is 62.3 Å². The molecule has 0 aliphatic rings. The molecule has 0 aromatic rings. The molecule has 0 heterocycles. The van der Waals surface area contributed by atoms with Crippen LogP contribution in [0, 0.1) is 29.6 Å². The minimum absolute atomic E-state index is 0. The Balaban J connectivity index is -0.000000106. The average molecular weight is 719 g/mol. The van der Waals surface area contributed by atoms with Crippen LogP contribution in [-0.2, 0) is 87.7 Å². The van der Waals surface area contributed by atoms with Gasteiger partial charge >= 0.3 is 91.1 Å². The van der Waals surface area contributed by atoms with Crippen LogP contribution in [0.2, 0.25) is 0 Å². The van der Waals surface area contributed by atoms with E-state index in [0.29, 0.717) is 0 Å². The minimum Gasteiger partial charge on any atom is -0.395 e. The summed E-state index contributed by atoms with van der Waals surface area (Å²) in [6, 6.07) is 0. The molecule has 0 aromatic carbocycles. The van der Waals surface area contributed by atoms with Crippen molar-refractivity contribution in [2.45, 2.75) is 68.4 Å². The third-order valence-electron chi connectivity index (χ3n) is 4.64. The Bertz CT molecular complexity index is 412. The molecule has 0 amide bonds. The second kappa shape index (κ2) is 19.0. The zero-order chi connectivity index (χ0) is 22.0. The monoisotopic (exact) mass is 719 g/mol. The van der Waals surface area contributed by atoms with Crippen molar-refractivity contribution in [2.24, 2.45) is 16.7 Å². The van der Waals surface area contributed by atoms with Gasteiger partial charge in [-0.15, -0.1) is 5.41 Å². The fourth-order valence-corrected chi connectivity index (χ4v) is 1.53. The van der Waals surface area contributed by atoms with Crippen LogP contribution in [0.4, 0.5) is 0 Å². The van der Waals surface area contributed by atoms with Crippen molar-refractivity contribution in [3.05, 3.63) is 12.8 Å². The Hall–Kier alpha value is 2.50. The molecule has 0 bridgehead atoms. The minimum atomic E-state index is -0.368. The SMILES string of the molecule is C[C](=[V])N(C)O.C[C](=[V])N(C)O.[CH2-]C(C)(C)[C@@H](O)C(C)C(C)(C)[C-](C)C.[W].[Y]. The van der Waals surface area contributed by atoms with Crippen LogP contribution in [0.25, 0.3) is 0 Å². The van der Waals surface area contributed by atoms with E-state index < -0.39 is 0 Å². The number of aliphatic hydroxyl groups excluding tert-OH is 1. The first kappa shape index (κ1) is 40.8. The van der Waals surface area contributed by atoms with Crippen molar-refractivity contribution in [3.8, 4) is 0 Å². The molecule has 0 saturated carbocycles. The van der Waals surface area contributed by atoms with Gasteiger partial charge in [0.2, 0.25) is 0 Å². The Morgan fingerprint density at radius 1 is 0.964 bits per heavy atom. The van der Waals surface area contributed by atoms with Gasteiger partial charge in [0.25, 0.3) is 0 Å². The maximum absolute atomic E-state index is 10.2. The molecule has 1 radical (unpaired) electrons. The van der Waals surface area contributed by atoms with Gasteiger partial charge in [0, 0.05) is 59.9 Å². The third-order valence-corrected chi connectivity index (χ3v) is 5.54. The van der Waals surface area contributed by atoms with E-state index in [9.17, 15) is 5.11 Å². The van der Waals surface area contributed by atoms with E-state index in [1.165, 1.54) is 5.92 Å². The summed E-state index contributed by atoms with van der Waals surface area (Å²) in [6.07, 6.45) is -0.368. The zero-order valence-corrected chi connectivity index (χ0v) is 28.0. The molecular weight excluding hydrogens is 679 g/mol. The zero-order valence-electron chi connectivity index (χ0n) is 19.5. The largest absolute Gasteiger partial charge is 0.395 e. The standard InChI is InChI=1S/C13H26O.2C3H7NO.2V.W.Y/c1-9(2)13(7,8)10(3)11(14)12(4,5)6;2*1-3-4(2)5;;;;/h10-11,14H,4H2,1-3,5-8H3;2*5H,1-2H3;;;;/q-2;;;;;;/t10?,11-;;;;;;/m0....../s1. The molecule has 1 unspecified atom stereocenters. The van der Waals surface area contributed by atoms with E-state index in [2.05, 4.69) is 75.5 Å². The summed E-state index contributed by atoms with van der Waals surface area (Å²) in [6.45, 7) is 22.3. The molecule has 0 aliphatic carbocycles. The molecule has 28 heavy (non-hydrogen) atoms. The fourth-order valence-electron chi connectivity index (χ4n) is 1.53. The van der Waals surface area contributed by atoms with Gasteiger partial charge in [0.05, 0.1) is 0 Å². The maximum atomic E-state index is 10.2. The molecule has 0 saturated heterocycles. The summed E-state index contributed by atoms with van der Waals surface area (Å²) in [5.41, 5.74) is -0.222. The molecule has 2 atom stereocenters. The summed E-state index contributed by atoms with van der Waals surface area (Å²) in [7, 11) is 3.15.